The largest absolute Gasteiger partial charge is 0.508 e. The topological polar surface area (TPSA) is 128 Å². The normalized spacial score (nSPS) is 25.7. The molecule has 6 bridgehead atoms. The Balaban J connectivity index is 1.27. The van der Waals surface area contributed by atoms with Gasteiger partial charge in [0.15, 0.2) is 0 Å². The molecule has 8 heterocycles. The van der Waals surface area contributed by atoms with E-state index in [1.54, 1.807) is 12.4 Å². The predicted molar refractivity (Wildman–Crippen MR) is 164 cm³/mol. The van der Waals surface area contributed by atoms with Gasteiger partial charge in [-0.3, -0.25) is 15.0 Å². The fourth-order valence-electron chi connectivity index (χ4n) is 7.33. The molecule has 3 saturated heterocycles. The number of halogens is 2. The minimum absolute atomic E-state index is 0.159. The average molecular weight is 638 g/mol. The van der Waals surface area contributed by atoms with Crippen molar-refractivity contribution < 1.29 is 28.1 Å². The van der Waals surface area contributed by atoms with Crippen LogP contribution in [0.4, 0.5) is 15.0 Å². The molecule has 5 aliphatic heterocycles. The number of hydrogen-bond acceptors (Lipinski definition) is 11. The van der Waals surface area contributed by atoms with E-state index in [4.69, 9.17) is 45.5 Å². The molecule has 4 aromatic rings. The molecule has 3 fully saturated rings. The molecule has 0 aliphatic carbocycles. The highest BCUT2D eigenvalue weighted by molar-refractivity contribution is 6.33. The summed E-state index contributed by atoms with van der Waals surface area (Å²) in [6.07, 6.45) is 4.71. The lowest BCUT2D eigenvalue weighted by atomic mass is 9.95. The maximum absolute atomic E-state index is 14.5. The van der Waals surface area contributed by atoms with Crippen molar-refractivity contribution in [2.45, 2.75) is 49.9 Å². The molecule has 3 atom stereocenters. The summed E-state index contributed by atoms with van der Waals surface area (Å²) in [4.78, 5) is 31.5. The second-order valence-corrected chi connectivity index (χ2v) is 12.7. The number of carbonyl (C=O) groups is 1. The van der Waals surface area contributed by atoms with Gasteiger partial charge in [-0.05, 0) is 49.9 Å². The van der Waals surface area contributed by atoms with Crippen molar-refractivity contribution in [2.75, 3.05) is 57.5 Å². The van der Waals surface area contributed by atoms with Crippen LogP contribution in [-0.2, 0) is 20.6 Å². The lowest BCUT2D eigenvalue weighted by Gasteiger charge is -2.31. The first-order valence-corrected chi connectivity index (χ1v) is 15.8. The number of nitrogens with one attached hydrogen (secondary N) is 1. The molecule has 14 heteroatoms. The minimum atomic E-state index is -0.866. The number of H-pyrrole nitrogens is 1. The standard InChI is InChI=1S/C31H33ClFN7O5/c32-23-9-25-21(13-35-38-25)27-20(23)3-1-7-43-30(41)45-19-15-39(6-8-42-16-19)28-22-12-34-26(27)10-24(22)36-29(37-28)44-17-31-4-2-5-40(31)14-18(33)11-31/h9-10,12-13,18-19H,1-8,11,14-17H2,(H,35,38)/t18-,19+,31+/m1/s1. The number of rotatable bonds is 3. The zero-order valence-corrected chi connectivity index (χ0v) is 25.4. The molecule has 0 amide bonds. The van der Waals surface area contributed by atoms with Crippen LogP contribution in [0.2, 0.25) is 5.02 Å². The first-order chi connectivity index (χ1) is 22.0. The first kappa shape index (κ1) is 28.6. The van der Waals surface area contributed by atoms with Crippen molar-refractivity contribution in [2.24, 2.45) is 0 Å². The number of nitrogens with zero attached hydrogens (tertiary/aromatic N) is 6. The van der Waals surface area contributed by atoms with Crippen LogP contribution in [0.5, 0.6) is 6.01 Å². The summed E-state index contributed by atoms with van der Waals surface area (Å²) >= 11 is 6.82. The molecule has 9 rings (SSSR count). The Hall–Kier alpha value is -3.81. The van der Waals surface area contributed by atoms with Gasteiger partial charge < -0.3 is 23.8 Å². The highest BCUT2D eigenvalue weighted by Gasteiger charge is 2.49. The predicted octanol–water partition coefficient (Wildman–Crippen LogP) is 4.48. The lowest BCUT2D eigenvalue weighted by Crippen LogP contribution is -2.43. The highest BCUT2D eigenvalue weighted by atomic mass is 35.5. The van der Waals surface area contributed by atoms with Crippen LogP contribution in [0.15, 0.2) is 24.5 Å². The number of fused-ring (bicyclic) bond motifs is 8. The number of carbonyl (C=O) groups excluding carboxylic acids is 1. The number of aromatic amines is 1. The number of alkyl halides is 1. The van der Waals surface area contributed by atoms with Crippen LogP contribution in [-0.4, -0.2) is 107 Å². The van der Waals surface area contributed by atoms with Gasteiger partial charge in [0.2, 0.25) is 0 Å². The summed E-state index contributed by atoms with van der Waals surface area (Å²) < 4.78 is 37.7. The van der Waals surface area contributed by atoms with Gasteiger partial charge in [-0.15, -0.1) is 0 Å². The van der Waals surface area contributed by atoms with E-state index in [0.29, 0.717) is 79.5 Å². The molecule has 0 spiro atoms. The zero-order chi connectivity index (χ0) is 30.5. The smallest absolute Gasteiger partial charge is 0.461 e. The molecular weight excluding hydrogens is 605 g/mol. The molecular formula is C31H33ClFN7O5. The Morgan fingerprint density at radius 2 is 2.07 bits per heavy atom. The van der Waals surface area contributed by atoms with E-state index in [0.717, 1.165) is 41.4 Å². The van der Waals surface area contributed by atoms with E-state index in [-0.39, 0.29) is 24.8 Å². The second-order valence-electron chi connectivity index (χ2n) is 12.3. The molecule has 0 saturated carbocycles. The van der Waals surface area contributed by atoms with E-state index >= 15 is 0 Å². The number of pyridine rings is 1. The van der Waals surface area contributed by atoms with Gasteiger partial charge in [0.25, 0.3) is 0 Å². The molecule has 1 N–H and O–H groups in total. The van der Waals surface area contributed by atoms with Gasteiger partial charge in [-0.1, -0.05) is 11.6 Å². The Morgan fingerprint density at radius 3 is 3.00 bits per heavy atom. The SMILES string of the molecule is O=C1OCCCc2c(Cl)cc3[nH]ncc3c2-c2cc3nc(OC[C@@]45CCCN4C[C@H](F)C5)nc(c3cn2)N2CCOC[C@H](C2)O1. The number of benzene rings is 1. The number of anilines is 1. The lowest BCUT2D eigenvalue weighted by molar-refractivity contribution is -0.00448. The molecule has 236 valence electrons. The zero-order valence-electron chi connectivity index (χ0n) is 24.6. The fourth-order valence-corrected chi connectivity index (χ4v) is 7.63. The van der Waals surface area contributed by atoms with Crippen LogP contribution in [0.25, 0.3) is 33.1 Å². The minimum Gasteiger partial charge on any atom is -0.461 e. The molecule has 45 heavy (non-hydrogen) atoms. The maximum atomic E-state index is 14.5. The summed E-state index contributed by atoms with van der Waals surface area (Å²) in [5.74, 6) is 0.587. The summed E-state index contributed by atoms with van der Waals surface area (Å²) in [5, 5.41) is 9.39. The molecule has 3 aromatic heterocycles. The first-order valence-electron chi connectivity index (χ1n) is 15.5. The third kappa shape index (κ3) is 5.30. The monoisotopic (exact) mass is 637 g/mol. The Labute approximate surface area is 263 Å². The maximum Gasteiger partial charge on any atom is 0.508 e. The van der Waals surface area contributed by atoms with Gasteiger partial charge in [-0.2, -0.15) is 15.1 Å². The highest BCUT2D eigenvalue weighted by Crippen LogP contribution is 2.41. The summed E-state index contributed by atoms with van der Waals surface area (Å²) in [7, 11) is 0. The second kappa shape index (κ2) is 11.5. The fraction of sp³-hybridized carbons (Fsp3) is 0.516. The van der Waals surface area contributed by atoms with Gasteiger partial charge in [0.1, 0.15) is 24.7 Å². The molecule has 5 aliphatic rings. The Kier molecular flexibility index (Phi) is 7.34. The molecule has 0 radical (unpaired) electrons. The van der Waals surface area contributed by atoms with E-state index in [1.807, 2.05) is 17.0 Å². The van der Waals surface area contributed by atoms with Crippen LogP contribution < -0.4 is 9.64 Å². The molecule has 1 aromatic carbocycles. The van der Waals surface area contributed by atoms with Gasteiger partial charge in [0.05, 0.1) is 60.2 Å². The van der Waals surface area contributed by atoms with E-state index in [9.17, 15) is 9.18 Å². The van der Waals surface area contributed by atoms with Crippen LogP contribution in [0.1, 0.15) is 31.2 Å². The third-order valence-corrected chi connectivity index (χ3v) is 9.75. The number of aromatic nitrogens is 5. The number of ether oxygens (including phenoxy) is 4. The van der Waals surface area contributed by atoms with Crippen molar-refractivity contribution in [1.82, 2.24) is 30.0 Å². The van der Waals surface area contributed by atoms with Gasteiger partial charge in [-0.25, -0.2) is 9.18 Å². The Bertz CT molecular complexity index is 1770. The molecule has 12 nitrogen and oxygen atoms in total. The summed E-state index contributed by atoms with van der Waals surface area (Å²) in [6.45, 7) is 3.22. The third-order valence-electron chi connectivity index (χ3n) is 9.41. The van der Waals surface area contributed by atoms with Crippen molar-refractivity contribution in [3.8, 4) is 17.3 Å². The van der Waals surface area contributed by atoms with Crippen molar-refractivity contribution in [3.05, 3.63) is 35.1 Å². The quantitative estimate of drug-likeness (QED) is 0.319. The van der Waals surface area contributed by atoms with Crippen molar-refractivity contribution in [1.29, 1.82) is 0 Å². The van der Waals surface area contributed by atoms with Crippen LogP contribution in [0, 0.1) is 0 Å². The van der Waals surface area contributed by atoms with Gasteiger partial charge in [0, 0.05) is 41.7 Å². The summed E-state index contributed by atoms with van der Waals surface area (Å²) in [5.41, 5.74) is 3.42. The molecule has 0 unspecified atom stereocenters. The van der Waals surface area contributed by atoms with Crippen LogP contribution in [0.3, 0.4) is 0 Å². The van der Waals surface area contributed by atoms with E-state index in [2.05, 4.69) is 15.1 Å². The van der Waals surface area contributed by atoms with E-state index < -0.39 is 18.4 Å². The van der Waals surface area contributed by atoms with Crippen LogP contribution >= 0.6 is 11.6 Å². The van der Waals surface area contributed by atoms with Gasteiger partial charge >= 0.3 is 12.2 Å². The van der Waals surface area contributed by atoms with Crippen molar-refractivity contribution >= 4 is 45.4 Å². The van der Waals surface area contributed by atoms with E-state index in [1.165, 1.54) is 0 Å². The Morgan fingerprint density at radius 1 is 1.13 bits per heavy atom. The summed E-state index contributed by atoms with van der Waals surface area (Å²) in [6, 6.07) is 3.97. The average Bonchev–Trinajstić information content (AvgIpc) is 3.66. The van der Waals surface area contributed by atoms with Crippen molar-refractivity contribution in [3.63, 3.8) is 0 Å². The number of hydrogen-bond donors (Lipinski definition) is 1.